The molecule has 2 heterocycles. The van der Waals surface area contributed by atoms with Crippen molar-refractivity contribution in [1.29, 1.82) is 0 Å². The Morgan fingerprint density at radius 1 is 0.971 bits per heavy atom. The Labute approximate surface area is 197 Å². The second-order valence-electron chi connectivity index (χ2n) is 8.04. The highest BCUT2D eigenvalue weighted by Gasteiger charge is 2.45. The number of terminal acetylenes is 1. The minimum Gasteiger partial charge on any atom is -0.467 e. The number of ether oxygens (including phenoxy) is 1. The fourth-order valence-corrected chi connectivity index (χ4v) is 3.80. The topological polar surface area (TPSA) is 89.9 Å². The van der Waals surface area contributed by atoms with Gasteiger partial charge in [-0.05, 0) is 54.8 Å². The van der Waals surface area contributed by atoms with Crippen molar-refractivity contribution in [3.05, 3.63) is 89.7 Å². The summed E-state index contributed by atoms with van der Waals surface area (Å²) in [5.41, 5.74) is 4.46. The van der Waals surface area contributed by atoms with E-state index < -0.39 is 0 Å². The van der Waals surface area contributed by atoms with E-state index in [0.717, 1.165) is 35.2 Å². The van der Waals surface area contributed by atoms with Crippen LogP contribution in [0.1, 0.15) is 34.3 Å². The number of hydrogen-bond acceptors (Lipinski definition) is 6. The van der Waals surface area contributed by atoms with Gasteiger partial charge in [0.15, 0.2) is 5.82 Å². The van der Waals surface area contributed by atoms with Crippen LogP contribution in [0.25, 0.3) is 22.8 Å². The number of carbonyl (C=O) groups is 1. The van der Waals surface area contributed by atoms with Crippen LogP contribution in [0, 0.1) is 12.3 Å². The van der Waals surface area contributed by atoms with Crippen LogP contribution in [-0.2, 0) is 5.54 Å². The zero-order valence-corrected chi connectivity index (χ0v) is 18.5. The Bertz CT molecular complexity index is 1390. The average molecular weight is 447 g/mol. The van der Waals surface area contributed by atoms with Gasteiger partial charge in [-0.3, -0.25) is 4.79 Å². The SMILES string of the molecule is C#Cc1ccc(C(=O)NC2(c3ccc(-c4cccc(-c5ncnc(OC)n5)n4)cc3)CC2)cc1. The largest absolute Gasteiger partial charge is 0.467 e. The van der Waals surface area contributed by atoms with Gasteiger partial charge in [-0.2, -0.15) is 9.97 Å². The van der Waals surface area contributed by atoms with Crippen LogP contribution in [0.3, 0.4) is 0 Å². The molecule has 2 aromatic carbocycles. The zero-order valence-electron chi connectivity index (χ0n) is 18.5. The summed E-state index contributed by atoms with van der Waals surface area (Å²) in [6, 6.07) is 21.1. The van der Waals surface area contributed by atoms with Gasteiger partial charge < -0.3 is 10.1 Å². The standard InChI is InChI=1S/C27H21N5O2/c1-3-18-7-9-20(10-8-18)25(33)32-27(15-16-27)21-13-11-19(12-14-21)22-5-4-6-23(30-22)24-28-17-29-26(31-24)34-2/h1,4-14,17H,15-16H2,2H3,(H,32,33). The van der Waals surface area contributed by atoms with E-state index in [2.05, 4.69) is 26.2 Å². The van der Waals surface area contributed by atoms with E-state index in [9.17, 15) is 4.79 Å². The monoisotopic (exact) mass is 447 g/mol. The van der Waals surface area contributed by atoms with Crippen LogP contribution in [0.4, 0.5) is 0 Å². The Morgan fingerprint density at radius 3 is 2.38 bits per heavy atom. The van der Waals surface area contributed by atoms with Crippen LogP contribution in [0.5, 0.6) is 6.01 Å². The predicted octanol–water partition coefficient (Wildman–Crippen LogP) is 4.01. The first-order valence-corrected chi connectivity index (χ1v) is 10.8. The van der Waals surface area contributed by atoms with Gasteiger partial charge in [-0.25, -0.2) is 9.97 Å². The lowest BCUT2D eigenvalue weighted by atomic mass is 10.0. The number of pyridine rings is 1. The molecule has 34 heavy (non-hydrogen) atoms. The highest BCUT2D eigenvalue weighted by Crippen LogP contribution is 2.46. The van der Waals surface area contributed by atoms with Crippen LogP contribution >= 0.6 is 0 Å². The van der Waals surface area contributed by atoms with E-state index >= 15 is 0 Å². The third-order valence-electron chi connectivity index (χ3n) is 5.86. The van der Waals surface area contributed by atoms with Crippen molar-refractivity contribution in [3.8, 4) is 41.1 Å². The second-order valence-corrected chi connectivity index (χ2v) is 8.04. The van der Waals surface area contributed by atoms with E-state index in [1.165, 1.54) is 13.4 Å². The Balaban J connectivity index is 1.34. The summed E-state index contributed by atoms with van der Waals surface area (Å²) < 4.78 is 5.08. The van der Waals surface area contributed by atoms with Crippen molar-refractivity contribution in [2.45, 2.75) is 18.4 Å². The molecular weight excluding hydrogens is 426 g/mol. The molecule has 0 aliphatic heterocycles. The number of carbonyl (C=O) groups excluding carboxylic acids is 1. The van der Waals surface area contributed by atoms with Crippen molar-refractivity contribution in [2.24, 2.45) is 0 Å². The summed E-state index contributed by atoms with van der Waals surface area (Å²) in [6.07, 6.45) is 8.60. The molecule has 1 fully saturated rings. The molecule has 0 saturated heterocycles. The summed E-state index contributed by atoms with van der Waals surface area (Å²) in [7, 11) is 1.51. The van der Waals surface area contributed by atoms with E-state index in [0.29, 0.717) is 17.1 Å². The van der Waals surface area contributed by atoms with Gasteiger partial charge in [0.1, 0.15) is 12.0 Å². The fourth-order valence-electron chi connectivity index (χ4n) is 3.80. The molecule has 1 aliphatic carbocycles. The van der Waals surface area contributed by atoms with Crippen molar-refractivity contribution in [3.63, 3.8) is 0 Å². The zero-order chi connectivity index (χ0) is 23.5. The smallest absolute Gasteiger partial charge is 0.319 e. The third kappa shape index (κ3) is 4.21. The first-order chi connectivity index (χ1) is 16.6. The molecule has 0 unspecified atom stereocenters. The first-order valence-electron chi connectivity index (χ1n) is 10.8. The summed E-state index contributed by atoms with van der Waals surface area (Å²) in [5, 5.41) is 3.20. The molecular formula is C27H21N5O2. The van der Waals surface area contributed by atoms with Crippen LogP contribution in [0.15, 0.2) is 73.1 Å². The van der Waals surface area contributed by atoms with Crippen molar-refractivity contribution >= 4 is 5.91 Å². The molecule has 1 N–H and O–H groups in total. The molecule has 1 aliphatic rings. The van der Waals surface area contributed by atoms with Crippen molar-refractivity contribution < 1.29 is 9.53 Å². The van der Waals surface area contributed by atoms with Crippen LogP contribution < -0.4 is 10.1 Å². The third-order valence-corrected chi connectivity index (χ3v) is 5.86. The van der Waals surface area contributed by atoms with Crippen molar-refractivity contribution in [2.75, 3.05) is 7.11 Å². The Kier molecular flexibility index (Phi) is 5.48. The van der Waals surface area contributed by atoms with E-state index in [1.54, 1.807) is 24.3 Å². The fraction of sp³-hybridized carbons (Fsp3) is 0.148. The molecule has 7 heteroatoms. The molecule has 4 aromatic rings. The highest BCUT2D eigenvalue weighted by atomic mass is 16.5. The number of hydrogen-bond donors (Lipinski definition) is 1. The van der Waals surface area contributed by atoms with Crippen LogP contribution in [0.2, 0.25) is 0 Å². The van der Waals surface area contributed by atoms with Gasteiger partial charge in [-0.15, -0.1) is 6.42 Å². The minimum absolute atomic E-state index is 0.104. The summed E-state index contributed by atoms with van der Waals surface area (Å²) in [4.78, 5) is 29.9. The Hall–Kier alpha value is -4.57. The molecule has 1 saturated carbocycles. The molecule has 1 amide bonds. The molecule has 166 valence electrons. The number of methoxy groups -OCH3 is 1. The van der Waals surface area contributed by atoms with Gasteiger partial charge in [0.2, 0.25) is 0 Å². The van der Waals surface area contributed by atoms with E-state index in [4.69, 9.17) is 16.1 Å². The first kappa shape index (κ1) is 21.3. The highest BCUT2D eigenvalue weighted by molar-refractivity contribution is 5.95. The lowest BCUT2D eigenvalue weighted by molar-refractivity contribution is 0.0931. The molecule has 2 aromatic heterocycles. The maximum Gasteiger partial charge on any atom is 0.319 e. The summed E-state index contributed by atoms with van der Waals surface area (Å²) >= 11 is 0. The van der Waals surface area contributed by atoms with Gasteiger partial charge in [0, 0.05) is 16.7 Å². The number of amides is 1. The second kappa shape index (κ2) is 8.75. The maximum absolute atomic E-state index is 12.8. The van der Waals surface area contributed by atoms with E-state index in [1.807, 2.05) is 42.5 Å². The number of aromatic nitrogens is 4. The molecule has 0 atom stereocenters. The summed E-state index contributed by atoms with van der Waals surface area (Å²) in [5.74, 6) is 2.90. The van der Waals surface area contributed by atoms with Gasteiger partial charge in [0.25, 0.3) is 5.91 Å². The van der Waals surface area contributed by atoms with Crippen molar-refractivity contribution in [1.82, 2.24) is 25.3 Å². The maximum atomic E-state index is 12.8. The predicted molar refractivity (Wildman–Crippen MR) is 128 cm³/mol. The Morgan fingerprint density at radius 2 is 1.71 bits per heavy atom. The summed E-state index contributed by atoms with van der Waals surface area (Å²) in [6.45, 7) is 0. The number of nitrogens with one attached hydrogen (secondary N) is 1. The van der Waals surface area contributed by atoms with E-state index in [-0.39, 0.29) is 17.5 Å². The van der Waals surface area contributed by atoms with Crippen LogP contribution in [-0.4, -0.2) is 33.0 Å². The lowest BCUT2D eigenvalue weighted by Gasteiger charge is -2.18. The quantitative estimate of drug-likeness (QED) is 0.449. The number of benzene rings is 2. The molecule has 0 spiro atoms. The molecule has 0 bridgehead atoms. The number of rotatable bonds is 6. The average Bonchev–Trinajstić information content (AvgIpc) is 3.69. The van der Waals surface area contributed by atoms with Gasteiger partial charge in [0.05, 0.1) is 18.3 Å². The number of nitrogens with zero attached hydrogens (tertiary/aromatic N) is 4. The normalized spacial score (nSPS) is 13.5. The molecule has 0 radical (unpaired) electrons. The van der Waals surface area contributed by atoms with Gasteiger partial charge >= 0.3 is 6.01 Å². The lowest BCUT2D eigenvalue weighted by Crippen LogP contribution is -2.34. The minimum atomic E-state index is -0.336. The molecule has 7 nitrogen and oxygen atoms in total. The molecule has 5 rings (SSSR count). The van der Waals surface area contributed by atoms with Gasteiger partial charge in [-0.1, -0.05) is 36.3 Å².